The fourth-order valence-corrected chi connectivity index (χ4v) is 2.46. The lowest BCUT2D eigenvalue weighted by Crippen LogP contribution is -2.31. The van der Waals surface area contributed by atoms with E-state index in [2.05, 4.69) is 15.0 Å². The Morgan fingerprint density at radius 3 is 2.86 bits per heavy atom. The lowest BCUT2D eigenvalue weighted by Gasteiger charge is -2.09. The maximum Gasteiger partial charge on any atom is 0.215 e. The number of nitrogens with zero attached hydrogens (tertiary/aromatic N) is 3. The van der Waals surface area contributed by atoms with E-state index in [1.165, 1.54) is 6.20 Å². The molecule has 0 unspecified atom stereocenters. The summed E-state index contributed by atoms with van der Waals surface area (Å²) >= 11 is 0. The number of nitrogens with one attached hydrogen (secondary N) is 1. The van der Waals surface area contributed by atoms with Gasteiger partial charge in [0, 0.05) is 12.7 Å². The summed E-state index contributed by atoms with van der Waals surface area (Å²) in [5, 5.41) is 7.37. The predicted octanol–water partition coefficient (Wildman–Crippen LogP) is -0.141. The second kappa shape index (κ2) is 7.04. The number of nitrogens with two attached hydrogens (primary N) is 1. The smallest absolute Gasteiger partial charge is 0.215 e. The lowest BCUT2D eigenvalue weighted by molar-refractivity contribution is 0.342. The van der Waals surface area contributed by atoms with Crippen molar-refractivity contribution in [3.05, 3.63) is 36.7 Å². The first kappa shape index (κ1) is 15.3. The van der Waals surface area contributed by atoms with Crippen molar-refractivity contribution in [1.82, 2.24) is 19.7 Å². The van der Waals surface area contributed by atoms with Gasteiger partial charge in [0.2, 0.25) is 10.0 Å². The van der Waals surface area contributed by atoms with Crippen molar-refractivity contribution < 1.29 is 13.2 Å². The van der Waals surface area contributed by atoms with Crippen LogP contribution in [0.1, 0.15) is 0 Å². The van der Waals surface area contributed by atoms with Crippen molar-refractivity contribution in [1.29, 1.82) is 0 Å². The van der Waals surface area contributed by atoms with Crippen LogP contribution in [0, 0.1) is 0 Å². The fraction of sp³-hybridized carbons (Fsp3) is 0.333. The molecule has 1 aromatic heterocycles. The number of ether oxygens (including phenoxy) is 1. The molecule has 0 radical (unpaired) electrons. The van der Waals surface area contributed by atoms with E-state index in [-0.39, 0.29) is 18.9 Å². The van der Waals surface area contributed by atoms with Gasteiger partial charge in [-0.25, -0.2) is 13.1 Å². The van der Waals surface area contributed by atoms with Crippen LogP contribution in [-0.4, -0.2) is 42.3 Å². The van der Waals surface area contributed by atoms with Crippen molar-refractivity contribution in [3.63, 3.8) is 0 Å². The number of sulfonamides is 1. The van der Waals surface area contributed by atoms with E-state index in [1.54, 1.807) is 35.1 Å². The molecule has 2 aromatic rings. The topological polar surface area (TPSA) is 112 Å². The first-order chi connectivity index (χ1) is 10.1. The Hall–Kier alpha value is -2.13. The van der Waals surface area contributed by atoms with Gasteiger partial charge in [-0.2, -0.15) is 0 Å². The third kappa shape index (κ3) is 5.04. The molecule has 1 heterocycles. The van der Waals surface area contributed by atoms with Crippen LogP contribution in [-0.2, 0) is 16.6 Å². The molecular formula is C12H17N5O3S. The van der Waals surface area contributed by atoms with Gasteiger partial charge < -0.3 is 10.5 Å². The van der Waals surface area contributed by atoms with E-state index in [0.717, 1.165) is 0 Å². The van der Waals surface area contributed by atoms with Crippen LogP contribution in [0.15, 0.2) is 36.7 Å². The number of anilines is 1. The molecule has 3 N–H and O–H groups in total. The van der Waals surface area contributed by atoms with Gasteiger partial charge >= 0.3 is 0 Å². The summed E-state index contributed by atoms with van der Waals surface area (Å²) in [6.07, 6.45) is 3.20. The number of hydrogen-bond donors (Lipinski definition) is 2. The molecule has 0 spiro atoms. The Balaban J connectivity index is 1.72. The first-order valence-electron chi connectivity index (χ1n) is 6.35. The van der Waals surface area contributed by atoms with E-state index in [9.17, 15) is 8.42 Å². The Labute approximate surface area is 123 Å². The Morgan fingerprint density at radius 1 is 1.33 bits per heavy atom. The zero-order chi connectivity index (χ0) is 15.1. The summed E-state index contributed by atoms with van der Waals surface area (Å²) in [6, 6.07) is 6.95. The number of aromatic nitrogens is 3. The van der Waals surface area contributed by atoms with Gasteiger partial charge in [-0.3, -0.25) is 4.68 Å². The molecule has 0 aliphatic heterocycles. The van der Waals surface area contributed by atoms with Gasteiger partial charge in [0.25, 0.3) is 0 Å². The highest BCUT2D eigenvalue weighted by molar-refractivity contribution is 7.89. The van der Waals surface area contributed by atoms with Crippen LogP contribution >= 0.6 is 0 Å². The van der Waals surface area contributed by atoms with Crippen LogP contribution in [0.25, 0.3) is 0 Å². The normalized spacial score (nSPS) is 11.4. The minimum Gasteiger partial charge on any atom is -0.490 e. The number of hydrogen-bond acceptors (Lipinski definition) is 6. The summed E-state index contributed by atoms with van der Waals surface area (Å²) in [5.41, 5.74) is 6.18. The van der Waals surface area contributed by atoms with Gasteiger partial charge in [0.05, 0.1) is 24.2 Å². The van der Waals surface area contributed by atoms with Crippen molar-refractivity contribution in [2.24, 2.45) is 0 Å². The van der Waals surface area contributed by atoms with Crippen molar-refractivity contribution in [3.8, 4) is 5.75 Å². The molecule has 0 saturated heterocycles. The lowest BCUT2D eigenvalue weighted by atomic mass is 10.3. The quantitative estimate of drug-likeness (QED) is 0.656. The zero-order valence-electron chi connectivity index (χ0n) is 11.3. The van der Waals surface area contributed by atoms with Crippen LogP contribution in [0.4, 0.5) is 5.69 Å². The molecule has 2 rings (SSSR count). The number of benzene rings is 1. The second-order valence-corrected chi connectivity index (χ2v) is 6.19. The molecule has 0 saturated carbocycles. The summed E-state index contributed by atoms with van der Waals surface area (Å²) in [5.74, 6) is 0.342. The summed E-state index contributed by atoms with van der Waals surface area (Å²) in [4.78, 5) is 0. The molecule has 0 bridgehead atoms. The van der Waals surface area contributed by atoms with Crippen molar-refractivity contribution in [2.45, 2.75) is 6.54 Å². The standard InChI is InChI=1S/C12H17N5O3S/c13-11-3-1-2-4-12(11)20-9-10-21(18,19)15-6-8-17-7-5-14-16-17/h1-5,7,15H,6,8-10,13H2. The molecule has 21 heavy (non-hydrogen) atoms. The maximum absolute atomic E-state index is 11.8. The molecule has 1 aromatic carbocycles. The van der Waals surface area contributed by atoms with Crippen LogP contribution < -0.4 is 15.2 Å². The Morgan fingerprint density at radius 2 is 2.14 bits per heavy atom. The molecule has 0 aliphatic carbocycles. The predicted molar refractivity (Wildman–Crippen MR) is 78.2 cm³/mol. The molecular weight excluding hydrogens is 294 g/mol. The highest BCUT2D eigenvalue weighted by Gasteiger charge is 2.10. The van der Waals surface area contributed by atoms with Gasteiger partial charge in [-0.05, 0) is 12.1 Å². The molecule has 9 heteroatoms. The second-order valence-electron chi connectivity index (χ2n) is 4.27. The highest BCUT2D eigenvalue weighted by atomic mass is 32.2. The largest absolute Gasteiger partial charge is 0.490 e. The van der Waals surface area contributed by atoms with Gasteiger partial charge in [0.15, 0.2) is 0 Å². The summed E-state index contributed by atoms with van der Waals surface area (Å²) in [7, 11) is -3.40. The van der Waals surface area contributed by atoms with Gasteiger partial charge in [0.1, 0.15) is 12.4 Å². The minimum absolute atomic E-state index is 0.0346. The van der Waals surface area contributed by atoms with Crippen LogP contribution in [0.3, 0.4) is 0 Å². The third-order valence-electron chi connectivity index (χ3n) is 2.66. The monoisotopic (exact) mass is 311 g/mol. The molecule has 0 fully saturated rings. The summed E-state index contributed by atoms with van der Waals surface area (Å²) < 4.78 is 32.9. The van der Waals surface area contributed by atoms with Crippen molar-refractivity contribution in [2.75, 3.05) is 24.6 Å². The maximum atomic E-state index is 11.8. The number of rotatable bonds is 8. The van der Waals surface area contributed by atoms with Gasteiger partial charge in [-0.15, -0.1) is 5.10 Å². The summed E-state index contributed by atoms with van der Waals surface area (Å²) in [6.45, 7) is 0.706. The van der Waals surface area contributed by atoms with Gasteiger partial charge in [-0.1, -0.05) is 17.3 Å². The van der Waals surface area contributed by atoms with E-state index >= 15 is 0 Å². The van der Waals surface area contributed by atoms with E-state index in [4.69, 9.17) is 10.5 Å². The van der Waals surface area contributed by atoms with E-state index < -0.39 is 10.0 Å². The van der Waals surface area contributed by atoms with E-state index in [1.807, 2.05) is 0 Å². The van der Waals surface area contributed by atoms with Crippen LogP contribution in [0.2, 0.25) is 0 Å². The SMILES string of the molecule is Nc1ccccc1OCCS(=O)(=O)NCCn1ccnn1. The fourth-order valence-electron chi connectivity index (χ4n) is 1.61. The molecule has 0 atom stereocenters. The minimum atomic E-state index is -3.40. The number of para-hydroxylation sites is 2. The first-order valence-corrected chi connectivity index (χ1v) is 8.01. The Kier molecular flexibility index (Phi) is 5.12. The third-order valence-corrected chi connectivity index (χ3v) is 4.01. The number of nitrogen functional groups attached to an aromatic ring is 1. The molecule has 8 nitrogen and oxygen atoms in total. The molecule has 0 amide bonds. The molecule has 114 valence electrons. The van der Waals surface area contributed by atoms with Crippen molar-refractivity contribution >= 4 is 15.7 Å². The van der Waals surface area contributed by atoms with Crippen LogP contribution in [0.5, 0.6) is 5.75 Å². The molecule has 0 aliphatic rings. The highest BCUT2D eigenvalue weighted by Crippen LogP contribution is 2.19. The average molecular weight is 311 g/mol. The zero-order valence-corrected chi connectivity index (χ0v) is 12.2. The average Bonchev–Trinajstić information content (AvgIpc) is 2.94. The van der Waals surface area contributed by atoms with E-state index in [0.29, 0.717) is 18.0 Å². The Bertz CT molecular complexity index is 657.